The monoisotopic (exact) mass is 261 g/mol. The molecule has 0 N–H and O–H groups in total. The van der Waals surface area contributed by atoms with Crippen molar-refractivity contribution in [1.29, 1.82) is 0 Å². The number of hydrogen-bond acceptors (Lipinski definition) is 3. The summed E-state index contributed by atoms with van der Waals surface area (Å²) in [6.07, 6.45) is 1.03. The minimum absolute atomic E-state index is 0.0792. The normalized spacial score (nSPS) is 21.2. The molecule has 2 heterocycles. The largest absolute Gasteiger partial charge is 0.454 e. The fraction of sp³-hybridized carbons (Fsp3) is 0.533. The van der Waals surface area contributed by atoms with Crippen LogP contribution >= 0.6 is 0 Å². The third-order valence-electron chi connectivity index (χ3n) is 3.86. The summed E-state index contributed by atoms with van der Waals surface area (Å²) in [4.78, 5) is 14.0. The van der Waals surface area contributed by atoms with E-state index < -0.39 is 0 Å². The number of rotatable bonds is 2. The van der Waals surface area contributed by atoms with Crippen LogP contribution in [0.2, 0.25) is 0 Å². The number of ether oxygens (including phenoxy) is 2. The van der Waals surface area contributed by atoms with E-state index in [4.69, 9.17) is 9.47 Å². The van der Waals surface area contributed by atoms with Gasteiger partial charge in [-0.25, -0.2) is 0 Å². The molecule has 1 fully saturated rings. The highest BCUT2D eigenvalue weighted by Crippen LogP contribution is 2.37. The molecule has 3 rings (SSSR count). The molecule has 0 bridgehead atoms. The number of amides is 1. The quantitative estimate of drug-likeness (QED) is 0.820. The first kappa shape index (κ1) is 12.3. The molecule has 0 radical (unpaired) electrons. The van der Waals surface area contributed by atoms with Gasteiger partial charge in [0.1, 0.15) is 0 Å². The molecule has 4 nitrogen and oxygen atoms in total. The number of fused-ring (bicyclic) bond motifs is 1. The molecule has 0 aliphatic carbocycles. The average molecular weight is 261 g/mol. The van der Waals surface area contributed by atoms with Gasteiger partial charge in [-0.05, 0) is 24.1 Å². The van der Waals surface area contributed by atoms with Gasteiger partial charge in [0.05, 0.1) is 0 Å². The summed E-state index contributed by atoms with van der Waals surface area (Å²) in [5.74, 6) is 2.39. The van der Waals surface area contributed by atoms with E-state index in [0.717, 1.165) is 31.0 Å². The van der Waals surface area contributed by atoms with Crippen molar-refractivity contribution >= 4 is 5.91 Å². The minimum atomic E-state index is 0.0792. The van der Waals surface area contributed by atoms with Crippen molar-refractivity contribution in [3.05, 3.63) is 23.8 Å². The van der Waals surface area contributed by atoms with Crippen LogP contribution in [0, 0.1) is 5.92 Å². The van der Waals surface area contributed by atoms with Gasteiger partial charge in [-0.2, -0.15) is 0 Å². The zero-order chi connectivity index (χ0) is 13.4. The Morgan fingerprint density at radius 3 is 2.89 bits per heavy atom. The van der Waals surface area contributed by atoms with Gasteiger partial charge in [0, 0.05) is 24.9 Å². The SMILES string of the molecule is CC(C)C(=O)N1CCC(c2ccc3c(c2)OCO3)C1. The molecule has 4 heteroatoms. The Hall–Kier alpha value is -1.71. The first-order valence-corrected chi connectivity index (χ1v) is 6.83. The van der Waals surface area contributed by atoms with E-state index in [9.17, 15) is 4.79 Å². The highest BCUT2D eigenvalue weighted by atomic mass is 16.7. The maximum Gasteiger partial charge on any atom is 0.231 e. The summed E-state index contributed by atoms with van der Waals surface area (Å²) < 4.78 is 10.7. The van der Waals surface area contributed by atoms with E-state index in [-0.39, 0.29) is 11.8 Å². The maximum atomic E-state index is 12.0. The average Bonchev–Trinajstić information content (AvgIpc) is 3.05. The molecule has 1 atom stereocenters. The number of carbonyl (C=O) groups excluding carboxylic acids is 1. The third kappa shape index (κ3) is 2.27. The van der Waals surface area contributed by atoms with Gasteiger partial charge < -0.3 is 14.4 Å². The van der Waals surface area contributed by atoms with Crippen molar-refractivity contribution in [2.45, 2.75) is 26.2 Å². The van der Waals surface area contributed by atoms with Crippen molar-refractivity contribution in [1.82, 2.24) is 4.90 Å². The van der Waals surface area contributed by atoms with E-state index in [1.165, 1.54) is 5.56 Å². The number of likely N-dealkylation sites (tertiary alicyclic amines) is 1. The standard InChI is InChI=1S/C15H19NO3/c1-10(2)15(17)16-6-5-12(8-16)11-3-4-13-14(7-11)19-9-18-13/h3-4,7,10,12H,5-6,8-9H2,1-2H3. The van der Waals surface area contributed by atoms with Gasteiger partial charge in [-0.3, -0.25) is 4.79 Å². The molecule has 1 unspecified atom stereocenters. The Labute approximate surface area is 113 Å². The minimum Gasteiger partial charge on any atom is -0.454 e. The van der Waals surface area contributed by atoms with Crippen LogP contribution in [0.25, 0.3) is 0 Å². The molecule has 1 aromatic carbocycles. The highest BCUT2D eigenvalue weighted by molar-refractivity contribution is 5.78. The van der Waals surface area contributed by atoms with Crippen LogP contribution in [0.1, 0.15) is 31.7 Å². The molecule has 2 aliphatic rings. The lowest BCUT2D eigenvalue weighted by Gasteiger charge is -2.19. The Morgan fingerprint density at radius 2 is 2.11 bits per heavy atom. The van der Waals surface area contributed by atoms with Crippen LogP contribution in [-0.2, 0) is 4.79 Å². The van der Waals surface area contributed by atoms with Crippen molar-refractivity contribution in [2.24, 2.45) is 5.92 Å². The molecular formula is C15H19NO3. The molecular weight excluding hydrogens is 242 g/mol. The van der Waals surface area contributed by atoms with Gasteiger partial charge in [0.2, 0.25) is 12.7 Å². The van der Waals surface area contributed by atoms with E-state index >= 15 is 0 Å². The second kappa shape index (κ2) is 4.76. The van der Waals surface area contributed by atoms with Crippen LogP contribution in [-0.4, -0.2) is 30.7 Å². The lowest BCUT2D eigenvalue weighted by molar-refractivity contribution is -0.133. The smallest absolute Gasteiger partial charge is 0.231 e. The van der Waals surface area contributed by atoms with Crippen molar-refractivity contribution in [3.63, 3.8) is 0 Å². The molecule has 0 spiro atoms. The van der Waals surface area contributed by atoms with Crippen LogP contribution in [0.15, 0.2) is 18.2 Å². The van der Waals surface area contributed by atoms with Crippen LogP contribution in [0.4, 0.5) is 0 Å². The lowest BCUT2D eigenvalue weighted by Crippen LogP contribution is -2.31. The summed E-state index contributed by atoms with van der Waals surface area (Å²) in [6.45, 7) is 5.89. The number of nitrogens with zero attached hydrogens (tertiary/aromatic N) is 1. The third-order valence-corrected chi connectivity index (χ3v) is 3.86. The van der Waals surface area contributed by atoms with Gasteiger partial charge in [-0.15, -0.1) is 0 Å². The van der Waals surface area contributed by atoms with Crippen molar-refractivity contribution in [3.8, 4) is 11.5 Å². The zero-order valence-corrected chi connectivity index (χ0v) is 11.4. The lowest BCUT2D eigenvalue weighted by atomic mass is 9.98. The number of carbonyl (C=O) groups is 1. The summed E-state index contributed by atoms with van der Waals surface area (Å²) in [5, 5.41) is 0. The Balaban J connectivity index is 1.73. The topological polar surface area (TPSA) is 38.8 Å². The van der Waals surface area contributed by atoms with E-state index in [1.807, 2.05) is 24.8 Å². The molecule has 1 aromatic rings. The second-order valence-corrected chi connectivity index (χ2v) is 5.54. The van der Waals surface area contributed by atoms with E-state index in [0.29, 0.717) is 12.7 Å². The molecule has 1 amide bonds. The van der Waals surface area contributed by atoms with Gasteiger partial charge in [0.15, 0.2) is 11.5 Å². The van der Waals surface area contributed by atoms with E-state index in [1.54, 1.807) is 0 Å². The van der Waals surface area contributed by atoms with Crippen molar-refractivity contribution < 1.29 is 14.3 Å². The molecule has 19 heavy (non-hydrogen) atoms. The molecule has 2 aliphatic heterocycles. The Kier molecular flexibility index (Phi) is 3.09. The Bertz CT molecular complexity index is 498. The maximum absolute atomic E-state index is 12.0. The Morgan fingerprint density at radius 1 is 1.32 bits per heavy atom. The first-order valence-electron chi connectivity index (χ1n) is 6.83. The molecule has 1 saturated heterocycles. The predicted octanol–water partition coefficient (Wildman–Crippen LogP) is 2.39. The molecule has 0 saturated carbocycles. The van der Waals surface area contributed by atoms with Crippen LogP contribution in [0.3, 0.4) is 0 Å². The first-order chi connectivity index (χ1) is 9.15. The predicted molar refractivity (Wildman–Crippen MR) is 71.3 cm³/mol. The fourth-order valence-corrected chi connectivity index (χ4v) is 2.76. The summed E-state index contributed by atoms with van der Waals surface area (Å²) >= 11 is 0. The number of benzene rings is 1. The van der Waals surface area contributed by atoms with Crippen LogP contribution < -0.4 is 9.47 Å². The van der Waals surface area contributed by atoms with Crippen LogP contribution in [0.5, 0.6) is 11.5 Å². The summed E-state index contributed by atoms with van der Waals surface area (Å²) in [5.41, 5.74) is 1.24. The summed E-state index contributed by atoms with van der Waals surface area (Å²) in [6, 6.07) is 6.10. The fourth-order valence-electron chi connectivity index (χ4n) is 2.76. The van der Waals surface area contributed by atoms with Crippen molar-refractivity contribution in [2.75, 3.05) is 19.9 Å². The highest BCUT2D eigenvalue weighted by Gasteiger charge is 2.29. The zero-order valence-electron chi connectivity index (χ0n) is 11.4. The van der Waals surface area contributed by atoms with Gasteiger partial charge >= 0.3 is 0 Å². The van der Waals surface area contributed by atoms with Gasteiger partial charge in [-0.1, -0.05) is 19.9 Å². The second-order valence-electron chi connectivity index (χ2n) is 5.54. The summed E-state index contributed by atoms with van der Waals surface area (Å²) in [7, 11) is 0. The van der Waals surface area contributed by atoms with Gasteiger partial charge in [0.25, 0.3) is 0 Å². The molecule has 0 aromatic heterocycles. The molecule has 102 valence electrons. The number of hydrogen-bond donors (Lipinski definition) is 0. The van der Waals surface area contributed by atoms with E-state index in [2.05, 4.69) is 12.1 Å².